The van der Waals surface area contributed by atoms with Crippen LogP contribution in [0, 0.1) is 0 Å². The van der Waals surface area contributed by atoms with E-state index in [1.54, 1.807) is 0 Å². The summed E-state index contributed by atoms with van der Waals surface area (Å²) in [5, 5.41) is 54.9. The molecular formula is C16H29N3O10. The van der Waals surface area contributed by atoms with Crippen LogP contribution < -0.4 is 16.4 Å². The predicted octanol–water partition coefficient (Wildman–Crippen LogP) is -5.14. The van der Waals surface area contributed by atoms with E-state index >= 15 is 0 Å². The van der Waals surface area contributed by atoms with E-state index in [4.69, 9.17) is 19.9 Å². The van der Waals surface area contributed by atoms with Gasteiger partial charge in [0.25, 0.3) is 0 Å². The monoisotopic (exact) mass is 423 g/mol. The first-order chi connectivity index (χ1) is 13.6. The first-order valence-electron chi connectivity index (χ1n) is 9.12. The minimum absolute atomic E-state index is 0.488. The molecule has 9 N–H and O–H groups in total. The summed E-state index contributed by atoms with van der Waals surface area (Å²) in [7, 11) is 0. The van der Waals surface area contributed by atoms with Crippen LogP contribution in [0.1, 0.15) is 13.8 Å². The number of aliphatic hydroxyl groups is 5. The summed E-state index contributed by atoms with van der Waals surface area (Å²) in [6.07, 6.45) is -10.7. The Bertz CT molecular complexity index is 581. The van der Waals surface area contributed by atoms with Crippen LogP contribution in [0.4, 0.5) is 0 Å². The Labute approximate surface area is 166 Å². The van der Waals surface area contributed by atoms with Crippen molar-refractivity contribution in [2.24, 2.45) is 5.73 Å². The highest BCUT2D eigenvalue weighted by molar-refractivity contribution is 5.73. The van der Waals surface area contributed by atoms with Crippen LogP contribution in [0.3, 0.4) is 0 Å². The van der Waals surface area contributed by atoms with Crippen molar-refractivity contribution < 1.29 is 49.3 Å². The quantitative estimate of drug-likeness (QED) is 0.202. The third-order valence-corrected chi connectivity index (χ3v) is 4.85. The van der Waals surface area contributed by atoms with Crippen molar-refractivity contribution in [3.05, 3.63) is 0 Å². The van der Waals surface area contributed by atoms with Gasteiger partial charge >= 0.3 is 0 Å². The molecule has 2 amide bonds. The lowest BCUT2D eigenvalue weighted by Gasteiger charge is -2.47. The molecule has 29 heavy (non-hydrogen) atoms. The fourth-order valence-electron chi connectivity index (χ4n) is 3.44. The van der Waals surface area contributed by atoms with Gasteiger partial charge in [0.2, 0.25) is 11.8 Å². The van der Waals surface area contributed by atoms with Gasteiger partial charge in [-0.15, -0.1) is 0 Å². The first-order valence-corrected chi connectivity index (χ1v) is 9.12. The highest BCUT2D eigenvalue weighted by atomic mass is 16.7. The average Bonchev–Trinajstić information content (AvgIpc) is 2.65. The maximum atomic E-state index is 11.5. The summed E-state index contributed by atoms with van der Waals surface area (Å²) >= 11 is 0. The molecule has 0 bridgehead atoms. The second kappa shape index (κ2) is 10.1. The molecule has 13 heteroatoms. The fourth-order valence-corrected chi connectivity index (χ4v) is 3.44. The van der Waals surface area contributed by atoms with Gasteiger partial charge in [-0.1, -0.05) is 0 Å². The third-order valence-electron chi connectivity index (χ3n) is 4.85. The molecule has 0 aromatic rings. The zero-order valence-corrected chi connectivity index (χ0v) is 16.0. The molecule has 10 atom stereocenters. The third kappa shape index (κ3) is 5.39. The second-order valence-corrected chi connectivity index (χ2v) is 7.07. The fraction of sp³-hybridized carbons (Fsp3) is 0.875. The molecule has 2 aliphatic heterocycles. The highest BCUT2D eigenvalue weighted by Gasteiger charge is 2.50. The van der Waals surface area contributed by atoms with Crippen molar-refractivity contribution in [2.75, 3.05) is 13.2 Å². The molecule has 168 valence electrons. The van der Waals surface area contributed by atoms with E-state index in [1.165, 1.54) is 13.8 Å². The van der Waals surface area contributed by atoms with E-state index in [0.29, 0.717) is 0 Å². The minimum Gasteiger partial charge on any atom is -0.394 e. The molecule has 4 unspecified atom stereocenters. The van der Waals surface area contributed by atoms with Gasteiger partial charge in [0.05, 0.1) is 19.3 Å². The van der Waals surface area contributed by atoms with E-state index in [2.05, 4.69) is 10.6 Å². The van der Waals surface area contributed by atoms with Crippen LogP contribution in [0.5, 0.6) is 0 Å². The summed E-state index contributed by atoms with van der Waals surface area (Å²) < 4.78 is 16.6. The number of aliphatic hydroxyl groups excluding tert-OH is 5. The number of hydrogen-bond acceptors (Lipinski definition) is 11. The SMILES string of the molecule is CC(=O)NC1[C@H](O[C@@H]2C(CO)O[C@@H](N)C(NC(C)=O)[C@H]2O)OC(CO)[C@@H](O)[C@@H]1O. The molecule has 0 aromatic carbocycles. The summed E-state index contributed by atoms with van der Waals surface area (Å²) in [4.78, 5) is 22.9. The lowest BCUT2D eigenvalue weighted by Crippen LogP contribution is -2.70. The lowest BCUT2D eigenvalue weighted by molar-refractivity contribution is -0.314. The molecule has 0 radical (unpaired) electrons. The number of nitrogens with two attached hydrogens (primary N) is 1. The molecule has 2 heterocycles. The van der Waals surface area contributed by atoms with Crippen molar-refractivity contribution in [3.8, 4) is 0 Å². The Morgan fingerprint density at radius 3 is 1.97 bits per heavy atom. The van der Waals surface area contributed by atoms with E-state index < -0.39 is 86.3 Å². The van der Waals surface area contributed by atoms with Gasteiger partial charge in [-0.3, -0.25) is 9.59 Å². The van der Waals surface area contributed by atoms with E-state index in [0.717, 1.165) is 0 Å². The van der Waals surface area contributed by atoms with E-state index in [9.17, 15) is 35.1 Å². The van der Waals surface area contributed by atoms with Crippen LogP contribution in [0.15, 0.2) is 0 Å². The lowest BCUT2D eigenvalue weighted by atomic mass is 9.94. The van der Waals surface area contributed by atoms with Crippen LogP contribution in [-0.4, -0.2) is 112 Å². The number of ether oxygens (including phenoxy) is 3. The Hall–Kier alpha value is -1.42. The first kappa shape index (κ1) is 23.9. The van der Waals surface area contributed by atoms with Gasteiger partial charge in [0, 0.05) is 13.8 Å². The van der Waals surface area contributed by atoms with Crippen molar-refractivity contribution in [3.63, 3.8) is 0 Å². The summed E-state index contributed by atoms with van der Waals surface area (Å²) in [5.41, 5.74) is 5.80. The Morgan fingerprint density at radius 1 is 0.897 bits per heavy atom. The molecule has 0 saturated carbocycles. The smallest absolute Gasteiger partial charge is 0.217 e. The number of carbonyl (C=O) groups is 2. The summed E-state index contributed by atoms with van der Waals surface area (Å²) in [6.45, 7) is 1.13. The van der Waals surface area contributed by atoms with Crippen molar-refractivity contribution >= 4 is 11.8 Å². The maximum absolute atomic E-state index is 11.5. The molecule has 2 fully saturated rings. The zero-order chi connectivity index (χ0) is 21.9. The minimum atomic E-state index is -1.56. The van der Waals surface area contributed by atoms with Crippen LogP contribution >= 0.6 is 0 Å². The van der Waals surface area contributed by atoms with Crippen molar-refractivity contribution in [2.45, 2.75) is 75.1 Å². The molecule has 0 spiro atoms. The van der Waals surface area contributed by atoms with Crippen LogP contribution in [0.25, 0.3) is 0 Å². The largest absolute Gasteiger partial charge is 0.394 e. The molecule has 2 rings (SSSR count). The van der Waals surface area contributed by atoms with Crippen molar-refractivity contribution in [1.29, 1.82) is 0 Å². The average molecular weight is 423 g/mol. The normalized spacial score (nSPS) is 42.9. The molecule has 2 saturated heterocycles. The van der Waals surface area contributed by atoms with Gasteiger partial charge in [-0.25, -0.2) is 0 Å². The maximum Gasteiger partial charge on any atom is 0.217 e. The molecule has 13 nitrogen and oxygen atoms in total. The number of amides is 2. The van der Waals surface area contributed by atoms with Crippen molar-refractivity contribution in [1.82, 2.24) is 10.6 Å². The number of carbonyl (C=O) groups excluding carboxylic acids is 2. The van der Waals surface area contributed by atoms with Gasteiger partial charge in [-0.2, -0.15) is 0 Å². The Morgan fingerprint density at radius 2 is 1.45 bits per heavy atom. The molecular weight excluding hydrogens is 394 g/mol. The molecule has 0 aliphatic carbocycles. The topological polar surface area (TPSA) is 213 Å². The highest BCUT2D eigenvalue weighted by Crippen LogP contribution is 2.28. The van der Waals surface area contributed by atoms with Crippen LogP contribution in [0.2, 0.25) is 0 Å². The van der Waals surface area contributed by atoms with Crippen LogP contribution in [-0.2, 0) is 23.8 Å². The van der Waals surface area contributed by atoms with E-state index in [1.807, 2.05) is 0 Å². The Kier molecular flexibility index (Phi) is 8.28. The summed E-state index contributed by atoms with van der Waals surface area (Å²) in [6, 6.07) is -2.33. The standard InChI is InChI=1S/C16H29N3O10/c1-5(22)18-9-13(26)14(8(4-21)27-15(9)17)29-16-10(19-6(2)23)12(25)11(24)7(3-20)28-16/h7-16,20-21,24-26H,3-4,17H2,1-2H3,(H,18,22)(H,19,23)/t7?,8?,9?,10?,11-,12-,13-,14-,15-,16+/m1/s1. The number of rotatable bonds is 6. The number of nitrogens with one attached hydrogen (secondary N) is 2. The second-order valence-electron chi connectivity index (χ2n) is 7.07. The van der Waals surface area contributed by atoms with Gasteiger partial charge < -0.3 is 56.1 Å². The zero-order valence-electron chi connectivity index (χ0n) is 16.0. The Balaban J connectivity index is 2.26. The molecule has 0 aromatic heterocycles. The van der Waals surface area contributed by atoms with Gasteiger partial charge in [0.15, 0.2) is 6.29 Å². The van der Waals surface area contributed by atoms with Gasteiger partial charge in [-0.05, 0) is 0 Å². The molecule has 2 aliphatic rings. The van der Waals surface area contributed by atoms with Gasteiger partial charge in [0.1, 0.15) is 48.9 Å². The number of hydrogen-bond donors (Lipinski definition) is 8. The predicted molar refractivity (Wildman–Crippen MR) is 93.8 cm³/mol. The summed E-state index contributed by atoms with van der Waals surface area (Å²) in [5.74, 6) is -1.04. The van der Waals surface area contributed by atoms with E-state index in [-0.39, 0.29) is 0 Å².